The molecule has 0 aliphatic carbocycles. The van der Waals surface area contributed by atoms with Crippen LogP contribution >= 0.6 is 11.6 Å². The number of halogens is 1. The van der Waals surface area contributed by atoms with Gasteiger partial charge in [0.1, 0.15) is 0 Å². The molecule has 1 saturated heterocycles. The highest BCUT2D eigenvalue weighted by molar-refractivity contribution is 6.33. The predicted molar refractivity (Wildman–Crippen MR) is 74.0 cm³/mol. The van der Waals surface area contributed by atoms with Crippen LogP contribution in [-0.4, -0.2) is 41.0 Å². The van der Waals surface area contributed by atoms with Crippen molar-refractivity contribution in [3.05, 3.63) is 38.9 Å². The fourth-order valence-corrected chi connectivity index (χ4v) is 2.33. The number of nitrogens with zero attached hydrogens (tertiary/aromatic N) is 2. The smallest absolute Gasteiger partial charge is 0.270 e. The van der Waals surface area contributed by atoms with Crippen LogP contribution in [0.4, 0.5) is 5.69 Å². The van der Waals surface area contributed by atoms with E-state index in [0.717, 1.165) is 0 Å². The Hall–Kier alpha value is -1.66. The average Bonchev–Trinajstić information content (AvgIpc) is 2.41. The first-order valence-electron chi connectivity index (χ1n) is 6.26. The summed E-state index contributed by atoms with van der Waals surface area (Å²) >= 11 is 6.00. The summed E-state index contributed by atoms with van der Waals surface area (Å²) in [6.07, 6.45) is -0.0624. The number of carbonyl (C=O) groups is 1. The van der Waals surface area contributed by atoms with Gasteiger partial charge in [-0.25, -0.2) is 0 Å². The number of ether oxygens (including phenoxy) is 1. The molecule has 1 fully saturated rings. The third kappa shape index (κ3) is 2.91. The molecule has 0 aromatic heterocycles. The van der Waals surface area contributed by atoms with Crippen molar-refractivity contribution in [3.8, 4) is 0 Å². The van der Waals surface area contributed by atoms with Crippen molar-refractivity contribution in [2.75, 3.05) is 13.2 Å². The maximum atomic E-state index is 12.5. The summed E-state index contributed by atoms with van der Waals surface area (Å²) in [7, 11) is 0. The number of carbonyl (C=O) groups excluding carboxylic acids is 1. The van der Waals surface area contributed by atoms with Gasteiger partial charge >= 0.3 is 0 Å². The van der Waals surface area contributed by atoms with Crippen molar-refractivity contribution in [1.82, 2.24) is 4.90 Å². The third-order valence-electron chi connectivity index (χ3n) is 3.26. The van der Waals surface area contributed by atoms with Gasteiger partial charge in [0.2, 0.25) is 0 Å². The summed E-state index contributed by atoms with van der Waals surface area (Å²) in [6.45, 7) is 4.63. The van der Waals surface area contributed by atoms with Crippen LogP contribution in [0.2, 0.25) is 5.02 Å². The van der Waals surface area contributed by atoms with Crippen LogP contribution in [0.5, 0.6) is 0 Å². The normalized spacial score (nSPS) is 22.6. The average molecular weight is 299 g/mol. The summed E-state index contributed by atoms with van der Waals surface area (Å²) in [5.41, 5.74) is 0.00790. The molecule has 0 spiro atoms. The van der Waals surface area contributed by atoms with E-state index in [9.17, 15) is 14.9 Å². The highest BCUT2D eigenvalue weighted by Gasteiger charge is 2.30. The second-order valence-electron chi connectivity index (χ2n) is 4.87. The fraction of sp³-hybridized carbons (Fsp3) is 0.462. The molecule has 1 aromatic carbocycles. The lowest BCUT2D eigenvalue weighted by molar-refractivity contribution is -0.384. The molecule has 108 valence electrons. The Morgan fingerprint density at radius 1 is 1.50 bits per heavy atom. The van der Waals surface area contributed by atoms with Gasteiger partial charge in [-0.2, -0.15) is 0 Å². The predicted octanol–water partition coefficient (Wildman–Crippen LogP) is 2.50. The van der Waals surface area contributed by atoms with Crippen molar-refractivity contribution in [3.63, 3.8) is 0 Å². The summed E-state index contributed by atoms with van der Waals surface area (Å²) in [4.78, 5) is 24.4. The van der Waals surface area contributed by atoms with Gasteiger partial charge in [0, 0.05) is 18.7 Å². The minimum Gasteiger partial charge on any atom is -0.375 e. The highest BCUT2D eigenvalue weighted by atomic mass is 35.5. The quantitative estimate of drug-likeness (QED) is 0.621. The minimum absolute atomic E-state index is 0.0624. The number of nitro benzene ring substituents is 1. The van der Waals surface area contributed by atoms with Crippen molar-refractivity contribution >= 4 is 23.2 Å². The first-order chi connectivity index (χ1) is 9.40. The number of amides is 1. The Morgan fingerprint density at radius 2 is 2.20 bits per heavy atom. The number of hydrogen-bond donors (Lipinski definition) is 0. The molecule has 0 radical (unpaired) electrons. The van der Waals surface area contributed by atoms with Crippen LogP contribution in [-0.2, 0) is 4.74 Å². The van der Waals surface area contributed by atoms with Gasteiger partial charge in [-0.1, -0.05) is 11.6 Å². The van der Waals surface area contributed by atoms with Crippen molar-refractivity contribution in [2.24, 2.45) is 0 Å². The third-order valence-corrected chi connectivity index (χ3v) is 3.59. The van der Waals surface area contributed by atoms with Gasteiger partial charge < -0.3 is 9.64 Å². The Balaban J connectivity index is 2.32. The summed E-state index contributed by atoms with van der Waals surface area (Å²) < 4.78 is 5.46. The Kier molecular flexibility index (Phi) is 4.25. The number of morpholine rings is 1. The molecule has 20 heavy (non-hydrogen) atoms. The summed E-state index contributed by atoms with van der Waals surface area (Å²) in [5, 5.41) is 11.0. The van der Waals surface area contributed by atoms with Gasteiger partial charge in [-0.05, 0) is 19.9 Å². The number of rotatable bonds is 2. The molecule has 1 aromatic rings. The standard InChI is InChI=1S/C13H15ClN2O4/c1-8-7-20-9(2)6-15(8)13(17)11-5-10(16(18)19)3-4-12(11)14/h3-5,8-9H,6-7H2,1-2H3. The SMILES string of the molecule is CC1CN(C(=O)c2cc([N+](=O)[O-])ccc2Cl)C(C)CO1. The van der Waals surface area contributed by atoms with E-state index >= 15 is 0 Å². The molecule has 6 nitrogen and oxygen atoms in total. The Labute approximate surface area is 121 Å². The van der Waals surface area contributed by atoms with Gasteiger partial charge in [-0.3, -0.25) is 14.9 Å². The monoisotopic (exact) mass is 298 g/mol. The molecule has 2 unspecified atom stereocenters. The molecule has 7 heteroatoms. The van der Waals surface area contributed by atoms with E-state index in [2.05, 4.69) is 0 Å². The number of hydrogen-bond acceptors (Lipinski definition) is 4. The lowest BCUT2D eigenvalue weighted by Gasteiger charge is -2.36. The molecule has 1 aliphatic rings. The van der Waals surface area contributed by atoms with Crippen molar-refractivity contribution in [2.45, 2.75) is 26.0 Å². The molecule has 0 N–H and O–H groups in total. The molecule has 1 amide bonds. The van der Waals surface area contributed by atoms with Crippen LogP contribution in [0.1, 0.15) is 24.2 Å². The zero-order valence-electron chi connectivity index (χ0n) is 11.2. The Bertz CT molecular complexity index is 549. The zero-order chi connectivity index (χ0) is 14.9. The summed E-state index contributed by atoms with van der Waals surface area (Å²) in [6, 6.07) is 3.79. The van der Waals surface area contributed by atoms with Crippen LogP contribution in [0.3, 0.4) is 0 Å². The van der Waals surface area contributed by atoms with Gasteiger partial charge in [-0.15, -0.1) is 0 Å². The Morgan fingerprint density at radius 3 is 2.85 bits per heavy atom. The second kappa shape index (κ2) is 5.76. The van der Waals surface area contributed by atoms with E-state index in [0.29, 0.717) is 13.2 Å². The number of nitro groups is 1. The summed E-state index contributed by atoms with van der Waals surface area (Å²) in [5.74, 6) is -0.304. The number of benzene rings is 1. The lowest BCUT2D eigenvalue weighted by Crippen LogP contribution is -2.50. The van der Waals surface area contributed by atoms with Gasteiger partial charge in [0.15, 0.2) is 0 Å². The molecule has 0 bridgehead atoms. The second-order valence-corrected chi connectivity index (χ2v) is 5.28. The van der Waals surface area contributed by atoms with E-state index < -0.39 is 4.92 Å². The van der Waals surface area contributed by atoms with Crippen LogP contribution < -0.4 is 0 Å². The first-order valence-corrected chi connectivity index (χ1v) is 6.64. The van der Waals surface area contributed by atoms with Crippen LogP contribution in [0.15, 0.2) is 18.2 Å². The molecule has 1 aliphatic heterocycles. The van der Waals surface area contributed by atoms with Gasteiger partial charge in [0.05, 0.1) is 34.3 Å². The number of non-ortho nitro benzene ring substituents is 1. The molecule has 0 saturated carbocycles. The molecule has 2 atom stereocenters. The van der Waals surface area contributed by atoms with Crippen LogP contribution in [0.25, 0.3) is 0 Å². The molecular weight excluding hydrogens is 284 g/mol. The van der Waals surface area contributed by atoms with Crippen molar-refractivity contribution in [1.29, 1.82) is 0 Å². The first kappa shape index (κ1) is 14.7. The zero-order valence-corrected chi connectivity index (χ0v) is 12.0. The molecular formula is C13H15ClN2O4. The maximum Gasteiger partial charge on any atom is 0.270 e. The van der Waals surface area contributed by atoms with E-state index in [1.54, 1.807) is 4.90 Å². The van der Waals surface area contributed by atoms with Gasteiger partial charge in [0.25, 0.3) is 11.6 Å². The molecule has 1 heterocycles. The largest absolute Gasteiger partial charge is 0.375 e. The van der Waals surface area contributed by atoms with E-state index in [1.807, 2.05) is 13.8 Å². The van der Waals surface area contributed by atoms with E-state index in [1.165, 1.54) is 18.2 Å². The fourth-order valence-electron chi connectivity index (χ4n) is 2.13. The minimum atomic E-state index is -0.543. The van der Waals surface area contributed by atoms with E-state index in [4.69, 9.17) is 16.3 Å². The topological polar surface area (TPSA) is 72.7 Å². The van der Waals surface area contributed by atoms with Crippen molar-refractivity contribution < 1.29 is 14.5 Å². The maximum absolute atomic E-state index is 12.5. The van der Waals surface area contributed by atoms with E-state index in [-0.39, 0.29) is 34.3 Å². The molecule has 2 rings (SSSR count). The highest BCUT2D eigenvalue weighted by Crippen LogP contribution is 2.25. The lowest BCUT2D eigenvalue weighted by atomic mass is 10.1. The van der Waals surface area contributed by atoms with Crippen LogP contribution in [0, 0.1) is 10.1 Å².